The first-order chi connectivity index (χ1) is 8.31. The van der Waals surface area contributed by atoms with Gasteiger partial charge in [0.15, 0.2) is 0 Å². The Kier molecular flexibility index (Phi) is 4.57. The van der Waals surface area contributed by atoms with Crippen LogP contribution in [-0.4, -0.2) is 38.6 Å². The van der Waals surface area contributed by atoms with E-state index in [2.05, 4.69) is 54.6 Å². The Morgan fingerprint density at radius 3 is 2.47 bits per heavy atom. The van der Waals surface area contributed by atoms with E-state index in [1.54, 1.807) is 0 Å². The number of piperidine rings is 1. The quantitative estimate of drug-likeness (QED) is 0.857. The van der Waals surface area contributed by atoms with E-state index in [1.165, 1.54) is 31.5 Å². The van der Waals surface area contributed by atoms with Crippen LogP contribution in [0.5, 0.6) is 0 Å². The molecular formula is C15H24N2. The average molecular weight is 232 g/mol. The van der Waals surface area contributed by atoms with E-state index < -0.39 is 0 Å². The number of likely N-dealkylation sites (N-methyl/N-ethyl adjacent to an activating group) is 1. The third kappa shape index (κ3) is 3.30. The van der Waals surface area contributed by atoms with Crippen LogP contribution in [0.15, 0.2) is 30.3 Å². The summed E-state index contributed by atoms with van der Waals surface area (Å²) < 4.78 is 0. The molecule has 0 aliphatic carbocycles. The van der Waals surface area contributed by atoms with Crippen molar-refractivity contribution in [2.45, 2.75) is 18.8 Å². The van der Waals surface area contributed by atoms with E-state index in [-0.39, 0.29) is 0 Å². The van der Waals surface area contributed by atoms with Crippen LogP contribution in [0.2, 0.25) is 0 Å². The predicted molar refractivity (Wildman–Crippen MR) is 73.3 cm³/mol. The van der Waals surface area contributed by atoms with Gasteiger partial charge in [0.2, 0.25) is 0 Å². The van der Waals surface area contributed by atoms with Gasteiger partial charge >= 0.3 is 0 Å². The van der Waals surface area contributed by atoms with Crippen LogP contribution >= 0.6 is 0 Å². The predicted octanol–water partition coefficient (Wildman–Crippen LogP) is 2.33. The van der Waals surface area contributed by atoms with Crippen molar-refractivity contribution < 1.29 is 0 Å². The maximum absolute atomic E-state index is 3.36. The number of rotatable bonds is 4. The lowest BCUT2D eigenvalue weighted by molar-refractivity contribution is 0.197. The van der Waals surface area contributed by atoms with Gasteiger partial charge in [-0.15, -0.1) is 0 Å². The van der Waals surface area contributed by atoms with Gasteiger partial charge in [-0.3, -0.25) is 0 Å². The van der Waals surface area contributed by atoms with Gasteiger partial charge in [-0.05, 0) is 57.4 Å². The molecule has 1 heterocycles. The Hall–Kier alpha value is -0.860. The lowest BCUT2D eigenvalue weighted by atomic mass is 9.80. The maximum Gasteiger partial charge on any atom is 0.00198 e. The van der Waals surface area contributed by atoms with E-state index in [1.807, 2.05) is 0 Å². The monoisotopic (exact) mass is 232 g/mol. The highest BCUT2D eigenvalue weighted by molar-refractivity contribution is 5.21. The summed E-state index contributed by atoms with van der Waals surface area (Å²) in [7, 11) is 4.29. The normalized spacial score (nSPS) is 20.4. The number of nitrogens with zero attached hydrogens (tertiary/aromatic N) is 1. The highest BCUT2D eigenvalue weighted by Crippen LogP contribution is 2.31. The summed E-state index contributed by atoms with van der Waals surface area (Å²) in [5.41, 5.74) is 1.50. The second-order valence-corrected chi connectivity index (χ2v) is 5.22. The summed E-state index contributed by atoms with van der Waals surface area (Å²) in [6, 6.07) is 11.0. The van der Waals surface area contributed by atoms with E-state index in [9.17, 15) is 0 Å². The molecule has 2 heteroatoms. The van der Waals surface area contributed by atoms with Crippen molar-refractivity contribution in [3.05, 3.63) is 35.9 Å². The van der Waals surface area contributed by atoms with Gasteiger partial charge in [-0.2, -0.15) is 0 Å². The third-order valence-corrected chi connectivity index (χ3v) is 3.98. The second kappa shape index (κ2) is 6.18. The van der Waals surface area contributed by atoms with Crippen LogP contribution in [-0.2, 0) is 0 Å². The molecule has 1 unspecified atom stereocenters. The van der Waals surface area contributed by atoms with Gasteiger partial charge in [-0.25, -0.2) is 0 Å². The largest absolute Gasteiger partial charge is 0.319 e. The third-order valence-electron chi connectivity index (χ3n) is 3.98. The zero-order valence-electron chi connectivity index (χ0n) is 11.0. The van der Waals surface area contributed by atoms with Crippen LogP contribution < -0.4 is 5.32 Å². The number of hydrogen-bond donors (Lipinski definition) is 1. The summed E-state index contributed by atoms with van der Waals surface area (Å²) in [5.74, 6) is 1.51. The molecule has 1 saturated heterocycles. The Balaban J connectivity index is 2.07. The molecule has 0 bridgehead atoms. The molecule has 1 aromatic rings. The standard InChI is InChI=1S/C15H24N2/c1-16-12-15(13-6-4-3-5-7-13)14-8-10-17(2)11-9-14/h3-7,14-16H,8-12H2,1-2H3. The fourth-order valence-electron chi connectivity index (χ4n) is 2.91. The zero-order valence-corrected chi connectivity index (χ0v) is 11.0. The van der Waals surface area contributed by atoms with Crippen molar-refractivity contribution in [1.82, 2.24) is 10.2 Å². The fraction of sp³-hybridized carbons (Fsp3) is 0.600. The number of hydrogen-bond acceptors (Lipinski definition) is 2. The van der Waals surface area contributed by atoms with Crippen molar-refractivity contribution in [2.24, 2.45) is 5.92 Å². The number of benzene rings is 1. The topological polar surface area (TPSA) is 15.3 Å². The summed E-state index contributed by atoms with van der Waals surface area (Å²) >= 11 is 0. The average Bonchev–Trinajstić information content (AvgIpc) is 2.38. The molecule has 0 amide bonds. The molecule has 1 fully saturated rings. The molecule has 17 heavy (non-hydrogen) atoms. The molecule has 0 spiro atoms. The zero-order chi connectivity index (χ0) is 12.1. The molecule has 1 aliphatic rings. The van der Waals surface area contributed by atoms with Gasteiger partial charge < -0.3 is 10.2 Å². The summed E-state index contributed by atoms with van der Waals surface area (Å²) in [6.45, 7) is 3.59. The van der Waals surface area contributed by atoms with Crippen LogP contribution in [0.25, 0.3) is 0 Å². The Morgan fingerprint density at radius 1 is 1.24 bits per heavy atom. The van der Waals surface area contributed by atoms with Crippen LogP contribution in [0, 0.1) is 5.92 Å². The smallest absolute Gasteiger partial charge is 0.00198 e. The molecule has 2 rings (SSSR count). The lowest BCUT2D eigenvalue weighted by Gasteiger charge is -2.34. The minimum Gasteiger partial charge on any atom is -0.319 e. The highest BCUT2D eigenvalue weighted by atomic mass is 15.1. The van der Waals surface area contributed by atoms with Gasteiger partial charge in [-0.1, -0.05) is 30.3 Å². The first-order valence-corrected chi connectivity index (χ1v) is 6.69. The highest BCUT2D eigenvalue weighted by Gasteiger charge is 2.25. The van der Waals surface area contributed by atoms with Crippen molar-refractivity contribution in [2.75, 3.05) is 33.7 Å². The molecule has 2 nitrogen and oxygen atoms in total. The number of nitrogens with one attached hydrogen (secondary N) is 1. The Bertz CT molecular complexity index is 315. The summed E-state index contributed by atoms with van der Waals surface area (Å²) in [6.07, 6.45) is 2.66. The molecule has 1 N–H and O–H groups in total. The first-order valence-electron chi connectivity index (χ1n) is 6.69. The molecule has 0 aromatic heterocycles. The lowest BCUT2D eigenvalue weighted by Crippen LogP contribution is -2.35. The van der Waals surface area contributed by atoms with Gasteiger partial charge in [0.25, 0.3) is 0 Å². The fourth-order valence-corrected chi connectivity index (χ4v) is 2.91. The Morgan fingerprint density at radius 2 is 1.88 bits per heavy atom. The van der Waals surface area contributed by atoms with Gasteiger partial charge in [0.1, 0.15) is 0 Å². The van der Waals surface area contributed by atoms with E-state index >= 15 is 0 Å². The molecule has 0 saturated carbocycles. The van der Waals surface area contributed by atoms with Crippen molar-refractivity contribution in [3.63, 3.8) is 0 Å². The SMILES string of the molecule is CNCC(c1ccccc1)C1CCN(C)CC1. The van der Waals surface area contributed by atoms with Crippen LogP contribution in [0.4, 0.5) is 0 Å². The Labute approximate surface area is 105 Å². The molecule has 1 atom stereocenters. The molecule has 1 aliphatic heterocycles. The summed E-state index contributed by atoms with van der Waals surface area (Å²) in [5, 5.41) is 3.36. The van der Waals surface area contributed by atoms with Crippen LogP contribution in [0.1, 0.15) is 24.3 Å². The van der Waals surface area contributed by atoms with Crippen molar-refractivity contribution in [1.29, 1.82) is 0 Å². The molecule has 94 valence electrons. The molecular weight excluding hydrogens is 208 g/mol. The van der Waals surface area contributed by atoms with Crippen LogP contribution in [0.3, 0.4) is 0 Å². The minimum atomic E-state index is 0.676. The minimum absolute atomic E-state index is 0.676. The van der Waals surface area contributed by atoms with E-state index in [4.69, 9.17) is 0 Å². The molecule has 0 radical (unpaired) electrons. The summed E-state index contributed by atoms with van der Waals surface area (Å²) in [4.78, 5) is 2.44. The van der Waals surface area contributed by atoms with Gasteiger partial charge in [0, 0.05) is 6.54 Å². The van der Waals surface area contributed by atoms with Crippen molar-refractivity contribution in [3.8, 4) is 0 Å². The maximum atomic E-state index is 3.36. The molecule has 1 aromatic carbocycles. The number of likely N-dealkylation sites (tertiary alicyclic amines) is 1. The van der Waals surface area contributed by atoms with Gasteiger partial charge in [0.05, 0.1) is 0 Å². The van der Waals surface area contributed by atoms with E-state index in [0.717, 1.165) is 12.5 Å². The van der Waals surface area contributed by atoms with E-state index in [0.29, 0.717) is 5.92 Å². The van der Waals surface area contributed by atoms with Crippen molar-refractivity contribution >= 4 is 0 Å². The second-order valence-electron chi connectivity index (χ2n) is 5.22. The first kappa shape index (κ1) is 12.6.